The monoisotopic (exact) mass is 253 g/mol. The molecular weight excluding hydrogens is 238 g/mol. The van der Waals surface area contributed by atoms with Gasteiger partial charge >= 0.3 is 0 Å². The lowest BCUT2D eigenvalue weighted by Gasteiger charge is -2.22. The Balaban J connectivity index is 2.04. The zero-order valence-electron chi connectivity index (χ0n) is 9.83. The van der Waals surface area contributed by atoms with Gasteiger partial charge in [0.1, 0.15) is 6.10 Å². The molecule has 1 aliphatic heterocycles. The summed E-state index contributed by atoms with van der Waals surface area (Å²) in [5.41, 5.74) is 1.65. The van der Waals surface area contributed by atoms with E-state index in [4.69, 9.17) is 16.3 Å². The highest BCUT2D eigenvalue weighted by Gasteiger charge is 2.22. The van der Waals surface area contributed by atoms with Crippen LogP contribution in [0.25, 0.3) is 0 Å². The van der Waals surface area contributed by atoms with Crippen molar-refractivity contribution in [2.75, 3.05) is 11.9 Å². The van der Waals surface area contributed by atoms with Crippen molar-refractivity contribution < 1.29 is 9.53 Å². The quantitative estimate of drug-likeness (QED) is 0.879. The summed E-state index contributed by atoms with van der Waals surface area (Å²) in [7, 11) is 0. The van der Waals surface area contributed by atoms with Gasteiger partial charge in [-0.25, -0.2) is 0 Å². The van der Waals surface area contributed by atoms with Gasteiger partial charge in [-0.15, -0.1) is 0 Å². The molecule has 92 valence electrons. The van der Waals surface area contributed by atoms with Crippen molar-refractivity contribution in [3.63, 3.8) is 0 Å². The van der Waals surface area contributed by atoms with E-state index in [1.165, 1.54) is 0 Å². The van der Waals surface area contributed by atoms with E-state index in [0.717, 1.165) is 30.5 Å². The maximum atomic E-state index is 12.0. The number of carbonyl (C=O) groups is 1. The summed E-state index contributed by atoms with van der Waals surface area (Å²) in [5, 5.41) is 3.53. The average molecular weight is 254 g/mol. The Kier molecular flexibility index (Phi) is 4.02. The van der Waals surface area contributed by atoms with Gasteiger partial charge < -0.3 is 10.1 Å². The molecule has 4 heteroatoms. The molecule has 1 N–H and O–H groups in total. The van der Waals surface area contributed by atoms with Gasteiger partial charge in [0.2, 0.25) is 0 Å². The second-order valence-electron chi connectivity index (χ2n) is 4.26. The standard InChI is InChI=1S/C13H16ClNO2/c1-9-10(14)5-4-6-11(9)15-13(16)12-7-2-3-8-17-12/h4-6,12H,2-3,7-8H2,1H3,(H,15,16). The zero-order valence-corrected chi connectivity index (χ0v) is 10.6. The number of carbonyl (C=O) groups excluding carboxylic acids is 1. The average Bonchev–Trinajstić information content (AvgIpc) is 2.36. The second-order valence-corrected chi connectivity index (χ2v) is 4.66. The predicted molar refractivity (Wildman–Crippen MR) is 68.4 cm³/mol. The van der Waals surface area contributed by atoms with Gasteiger partial charge in [0.25, 0.3) is 5.91 Å². The van der Waals surface area contributed by atoms with Crippen LogP contribution >= 0.6 is 11.6 Å². The molecule has 1 saturated heterocycles. The Labute approximate surface area is 106 Å². The maximum absolute atomic E-state index is 12.0. The number of anilines is 1. The molecule has 2 rings (SSSR count). The Bertz CT molecular complexity index is 414. The maximum Gasteiger partial charge on any atom is 0.253 e. The smallest absolute Gasteiger partial charge is 0.253 e. The minimum Gasteiger partial charge on any atom is -0.368 e. The highest BCUT2D eigenvalue weighted by Crippen LogP contribution is 2.24. The Hall–Kier alpha value is -1.06. The molecule has 0 spiro atoms. The summed E-state index contributed by atoms with van der Waals surface area (Å²) in [5.74, 6) is -0.0740. The fourth-order valence-corrected chi connectivity index (χ4v) is 2.08. The number of nitrogens with one attached hydrogen (secondary N) is 1. The summed E-state index contributed by atoms with van der Waals surface area (Å²) in [6, 6.07) is 5.48. The topological polar surface area (TPSA) is 38.3 Å². The van der Waals surface area contributed by atoms with Gasteiger partial charge in [0.15, 0.2) is 0 Å². The molecule has 1 fully saturated rings. The van der Waals surface area contributed by atoms with Gasteiger partial charge in [-0.1, -0.05) is 17.7 Å². The first-order valence-corrected chi connectivity index (χ1v) is 6.24. The fraction of sp³-hybridized carbons (Fsp3) is 0.462. The Morgan fingerprint density at radius 2 is 2.29 bits per heavy atom. The number of benzene rings is 1. The van der Waals surface area contributed by atoms with Crippen LogP contribution in [0.4, 0.5) is 5.69 Å². The number of amides is 1. The molecule has 1 amide bonds. The molecular formula is C13H16ClNO2. The Morgan fingerprint density at radius 3 is 3.00 bits per heavy atom. The van der Waals surface area contributed by atoms with Crippen LogP contribution in [0.1, 0.15) is 24.8 Å². The van der Waals surface area contributed by atoms with Gasteiger partial charge in [0.05, 0.1) is 0 Å². The van der Waals surface area contributed by atoms with Crippen LogP contribution in [0.15, 0.2) is 18.2 Å². The van der Waals surface area contributed by atoms with E-state index >= 15 is 0 Å². The third kappa shape index (κ3) is 2.99. The van der Waals surface area contributed by atoms with Crippen molar-refractivity contribution in [2.45, 2.75) is 32.3 Å². The SMILES string of the molecule is Cc1c(Cl)cccc1NC(=O)C1CCCCO1. The van der Waals surface area contributed by atoms with Gasteiger partial charge in [-0.2, -0.15) is 0 Å². The molecule has 1 unspecified atom stereocenters. The lowest BCUT2D eigenvalue weighted by atomic mass is 10.1. The fourth-order valence-electron chi connectivity index (χ4n) is 1.90. The molecule has 1 heterocycles. The molecule has 0 saturated carbocycles. The van der Waals surface area contributed by atoms with Crippen LogP contribution in [-0.2, 0) is 9.53 Å². The molecule has 1 aliphatic rings. The van der Waals surface area contributed by atoms with Crippen molar-refractivity contribution in [3.05, 3.63) is 28.8 Å². The van der Waals surface area contributed by atoms with Crippen molar-refractivity contribution in [1.82, 2.24) is 0 Å². The molecule has 0 radical (unpaired) electrons. The van der Waals surface area contributed by atoms with E-state index in [9.17, 15) is 4.79 Å². The van der Waals surface area contributed by atoms with Crippen LogP contribution in [0.3, 0.4) is 0 Å². The largest absolute Gasteiger partial charge is 0.368 e. The first-order chi connectivity index (χ1) is 8.18. The van der Waals surface area contributed by atoms with E-state index in [1.807, 2.05) is 25.1 Å². The van der Waals surface area contributed by atoms with E-state index in [0.29, 0.717) is 11.6 Å². The highest BCUT2D eigenvalue weighted by atomic mass is 35.5. The molecule has 0 aliphatic carbocycles. The van der Waals surface area contributed by atoms with Crippen LogP contribution in [-0.4, -0.2) is 18.6 Å². The summed E-state index contributed by atoms with van der Waals surface area (Å²) < 4.78 is 5.44. The molecule has 17 heavy (non-hydrogen) atoms. The number of rotatable bonds is 2. The number of hydrogen-bond donors (Lipinski definition) is 1. The lowest BCUT2D eigenvalue weighted by molar-refractivity contribution is -0.129. The molecule has 1 aromatic carbocycles. The highest BCUT2D eigenvalue weighted by molar-refractivity contribution is 6.31. The Morgan fingerprint density at radius 1 is 1.47 bits per heavy atom. The first kappa shape index (κ1) is 12.4. The van der Waals surface area contributed by atoms with E-state index < -0.39 is 0 Å². The summed E-state index contributed by atoms with van der Waals surface area (Å²) in [6.45, 7) is 2.56. The predicted octanol–water partition coefficient (Wildman–Crippen LogP) is 3.16. The molecule has 1 aromatic rings. The third-order valence-electron chi connectivity index (χ3n) is 3.00. The molecule has 0 aromatic heterocycles. The number of hydrogen-bond acceptors (Lipinski definition) is 2. The first-order valence-electron chi connectivity index (χ1n) is 5.86. The van der Waals surface area contributed by atoms with Gasteiger partial charge in [0, 0.05) is 17.3 Å². The van der Waals surface area contributed by atoms with Crippen molar-refractivity contribution in [2.24, 2.45) is 0 Å². The molecule has 1 atom stereocenters. The van der Waals surface area contributed by atoms with Gasteiger partial charge in [-0.3, -0.25) is 4.79 Å². The molecule has 0 bridgehead atoms. The van der Waals surface area contributed by atoms with Crippen LogP contribution in [0, 0.1) is 6.92 Å². The summed E-state index contributed by atoms with van der Waals surface area (Å²) >= 11 is 6.00. The van der Waals surface area contributed by atoms with Crippen molar-refractivity contribution in [3.8, 4) is 0 Å². The van der Waals surface area contributed by atoms with E-state index in [-0.39, 0.29) is 12.0 Å². The van der Waals surface area contributed by atoms with Gasteiger partial charge in [-0.05, 0) is 43.9 Å². The lowest BCUT2D eigenvalue weighted by Crippen LogP contribution is -2.33. The van der Waals surface area contributed by atoms with Crippen LogP contribution in [0.5, 0.6) is 0 Å². The zero-order chi connectivity index (χ0) is 12.3. The normalized spacial score (nSPS) is 20.0. The van der Waals surface area contributed by atoms with Crippen molar-refractivity contribution >= 4 is 23.2 Å². The van der Waals surface area contributed by atoms with E-state index in [1.54, 1.807) is 0 Å². The number of halogens is 1. The second kappa shape index (κ2) is 5.52. The molecule has 3 nitrogen and oxygen atoms in total. The minimum atomic E-state index is -0.317. The summed E-state index contributed by atoms with van der Waals surface area (Å²) in [6.07, 6.45) is 2.57. The third-order valence-corrected chi connectivity index (χ3v) is 3.41. The van der Waals surface area contributed by atoms with Crippen molar-refractivity contribution in [1.29, 1.82) is 0 Å². The van der Waals surface area contributed by atoms with E-state index in [2.05, 4.69) is 5.32 Å². The summed E-state index contributed by atoms with van der Waals surface area (Å²) in [4.78, 5) is 12.0. The van der Waals surface area contributed by atoms with Crippen LogP contribution < -0.4 is 5.32 Å². The number of ether oxygens (including phenoxy) is 1. The minimum absolute atomic E-state index is 0.0740. The van der Waals surface area contributed by atoms with Crippen LogP contribution in [0.2, 0.25) is 5.02 Å².